The molecule has 44 heavy (non-hydrogen) atoms. The summed E-state index contributed by atoms with van der Waals surface area (Å²) in [6, 6.07) is 42.0. The van der Waals surface area contributed by atoms with Crippen molar-refractivity contribution in [2.45, 2.75) is 0 Å². The zero-order valence-corrected chi connectivity index (χ0v) is 24.1. The third-order valence-electron chi connectivity index (χ3n) is 8.13. The quantitative estimate of drug-likeness (QED) is 0.207. The lowest BCUT2D eigenvalue weighted by atomic mass is 9.99. The molecule has 206 valence electrons. The van der Waals surface area contributed by atoms with E-state index in [0.29, 0.717) is 5.58 Å². The molecule has 4 aromatic heterocycles. The van der Waals surface area contributed by atoms with Crippen molar-refractivity contribution in [2.75, 3.05) is 0 Å². The summed E-state index contributed by atoms with van der Waals surface area (Å²) in [5.74, 6) is 0. The highest BCUT2D eigenvalue weighted by Gasteiger charge is 2.16. The fourth-order valence-electron chi connectivity index (χ4n) is 6.05. The summed E-state index contributed by atoms with van der Waals surface area (Å²) in [5.41, 5.74) is 10.1. The Labute approximate surface area is 256 Å². The summed E-state index contributed by atoms with van der Waals surface area (Å²) in [5, 5.41) is 3.58. The fraction of sp³-hybridized carbons (Fsp3) is 0. The SMILES string of the molecule is c1cc(-c2cc(-c3cccc(-c4cccc5c4sc4ccccc45)c3)ncn2)cc(-c2ncnc3c2oc2ccccc23)c1. The van der Waals surface area contributed by atoms with Gasteiger partial charge in [0.05, 0.1) is 11.4 Å². The molecule has 9 aromatic rings. The molecule has 5 nitrogen and oxygen atoms in total. The van der Waals surface area contributed by atoms with Gasteiger partial charge in [-0.05, 0) is 47.5 Å². The van der Waals surface area contributed by atoms with Crippen LogP contribution in [0, 0.1) is 0 Å². The number of fused-ring (bicyclic) bond motifs is 6. The Hall–Kier alpha value is -5.72. The maximum Gasteiger partial charge on any atom is 0.180 e. The molecular formula is C38H22N4OS. The van der Waals surface area contributed by atoms with E-state index in [2.05, 4.69) is 105 Å². The monoisotopic (exact) mass is 582 g/mol. The van der Waals surface area contributed by atoms with E-state index in [4.69, 9.17) is 4.42 Å². The van der Waals surface area contributed by atoms with Crippen LogP contribution in [0.2, 0.25) is 0 Å². The molecule has 0 saturated heterocycles. The Bertz CT molecular complexity index is 2360. The zero-order chi connectivity index (χ0) is 29.0. The summed E-state index contributed by atoms with van der Waals surface area (Å²) in [4.78, 5) is 18.4. The van der Waals surface area contributed by atoms with Gasteiger partial charge in [0.1, 0.15) is 29.4 Å². The van der Waals surface area contributed by atoms with E-state index in [0.717, 1.165) is 50.3 Å². The maximum atomic E-state index is 6.20. The average molecular weight is 583 g/mol. The van der Waals surface area contributed by atoms with Gasteiger partial charge >= 0.3 is 0 Å². The number of hydrogen-bond donors (Lipinski definition) is 0. The van der Waals surface area contributed by atoms with Crippen molar-refractivity contribution in [1.82, 2.24) is 19.9 Å². The van der Waals surface area contributed by atoms with E-state index < -0.39 is 0 Å². The van der Waals surface area contributed by atoms with Crippen molar-refractivity contribution in [3.05, 3.63) is 134 Å². The third kappa shape index (κ3) is 4.00. The summed E-state index contributed by atoms with van der Waals surface area (Å²) < 4.78 is 8.80. The highest BCUT2D eigenvalue weighted by atomic mass is 32.1. The van der Waals surface area contributed by atoms with E-state index in [1.807, 2.05) is 47.7 Å². The summed E-state index contributed by atoms with van der Waals surface area (Å²) in [6.45, 7) is 0. The summed E-state index contributed by atoms with van der Waals surface area (Å²) in [6.07, 6.45) is 3.24. The van der Waals surface area contributed by atoms with Crippen molar-refractivity contribution in [2.24, 2.45) is 0 Å². The van der Waals surface area contributed by atoms with Crippen molar-refractivity contribution in [3.8, 4) is 44.9 Å². The van der Waals surface area contributed by atoms with Crippen molar-refractivity contribution >= 4 is 53.6 Å². The molecule has 0 fully saturated rings. The van der Waals surface area contributed by atoms with Crippen LogP contribution in [0.1, 0.15) is 0 Å². The van der Waals surface area contributed by atoms with E-state index in [1.165, 1.54) is 31.3 Å². The molecule has 0 bridgehead atoms. The van der Waals surface area contributed by atoms with Gasteiger partial charge in [-0.15, -0.1) is 11.3 Å². The van der Waals surface area contributed by atoms with Crippen LogP contribution in [-0.4, -0.2) is 19.9 Å². The van der Waals surface area contributed by atoms with E-state index in [1.54, 1.807) is 12.7 Å². The van der Waals surface area contributed by atoms with E-state index in [9.17, 15) is 0 Å². The topological polar surface area (TPSA) is 64.7 Å². The number of furan rings is 1. The lowest BCUT2D eigenvalue weighted by molar-refractivity contribution is 0.667. The standard InChI is InChI=1S/C38H22N4OS/c1-3-16-33-30(13-1)36-37(43-33)35(41-22-42-36)26-11-6-10-25(19-26)32-20-31(39-21-40-32)24-9-5-8-23(18-24)27-14-7-15-29-28-12-2-4-17-34(28)44-38(27)29/h1-22H. The fourth-order valence-corrected chi connectivity index (χ4v) is 7.29. The molecular weight excluding hydrogens is 561 g/mol. The van der Waals surface area contributed by atoms with Gasteiger partial charge in [0.25, 0.3) is 0 Å². The van der Waals surface area contributed by atoms with Crippen LogP contribution in [0.5, 0.6) is 0 Å². The number of hydrogen-bond acceptors (Lipinski definition) is 6. The minimum atomic E-state index is 0.680. The number of nitrogens with zero attached hydrogens (tertiary/aromatic N) is 4. The second-order valence-corrected chi connectivity index (χ2v) is 11.8. The van der Waals surface area contributed by atoms with Gasteiger partial charge in [-0.3, -0.25) is 0 Å². The van der Waals surface area contributed by atoms with Crippen LogP contribution in [0.15, 0.2) is 138 Å². The van der Waals surface area contributed by atoms with Crippen LogP contribution < -0.4 is 0 Å². The van der Waals surface area contributed by atoms with Crippen molar-refractivity contribution in [3.63, 3.8) is 0 Å². The molecule has 5 aromatic carbocycles. The lowest BCUT2D eigenvalue weighted by Crippen LogP contribution is -1.91. The Morgan fingerprint density at radius 3 is 2.02 bits per heavy atom. The summed E-state index contributed by atoms with van der Waals surface area (Å²) >= 11 is 1.84. The first-order chi connectivity index (χ1) is 21.8. The first kappa shape index (κ1) is 24.8. The van der Waals surface area contributed by atoms with Gasteiger partial charge in [0.2, 0.25) is 0 Å². The molecule has 0 unspecified atom stereocenters. The van der Waals surface area contributed by atoms with Crippen LogP contribution in [0.3, 0.4) is 0 Å². The van der Waals surface area contributed by atoms with E-state index >= 15 is 0 Å². The van der Waals surface area contributed by atoms with Gasteiger partial charge in [-0.25, -0.2) is 19.9 Å². The highest BCUT2D eigenvalue weighted by Crippen LogP contribution is 2.40. The van der Waals surface area contributed by atoms with Crippen molar-refractivity contribution < 1.29 is 4.42 Å². The Morgan fingerprint density at radius 1 is 0.500 bits per heavy atom. The van der Waals surface area contributed by atoms with Crippen molar-refractivity contribution in [1.29, 1.82) is 0 Å². The number of benzene rings is 5. The maximum absolute atomic E-state index is 6.20. The molecule has 0 amide bonds. The minimum Gasteiger partial charge on any atom is -0.452 e. The second-order valence-electron chi connectivity index (χ2n) is 10.7. The number of rotatable bonds is 4. The first-order valence-corrected chi connectivity index (χ1v) is 15.2. The molecule has 4 heterocycles. The molecule has 0 aliphatic rings. The first-order valence-electron chi connectivity index (χ1n) is 14.4. The summed E-state index contributed by atoms with van der Waals surface area (Å²) in [7, 11) is 0. The zero-order valence-electron chi connectivity index (χ0n) is 23.3. The Balaban J connectivity index is 1.11. The van der Waals surface area contributed by atoms with Gasteiger partial charge in [0, 0.05) is 42.2 Å². The highest BCUT2D eigenvalue weighted by molar-refractivity contribution is 7.26. The van der Waals surface area contributed by atoms with Crippen LogP contribution in [-0.2, 0) is 0 Å². The predicted octanol–water partition coefficient (Wildman–Crippen LogP) is 10.2. The second kappa shape index (κ2) is 9.93. The number of thiophene rings is 1. The Kier molecular flexibility index (Phi) is 5.61. The number of para-hydroxylation sites is 1. The van der Waals surface area contributed by atoms with Crippen LogP contribution >= 0.6 is 11.3 Å². The number of aromatic nitrogens is 4. The smallest absolute Gasteiger partial charge is 0.180 e. The van der Waals surface area contributed by atoms with Crippen LogP contribution in [0.25, 0.3) is 87.1 Å². The largest absolute Gasteiger partial charge is 0.452 e. The lowest BCUT2D eigenvalue weighted by Gasteiger charge is -2.09. The predicted molar refractivity (Wildman–Crippen MR) is 180 cm³/mol. The molecule has 0 aliphatic carbocycles. The molecule has 0 spiro atoms. The van der Waals surface area contributed by atoms with E-state index in [-0.39, 0.29) is 0 Å². The van der Waals surface area contributed by atoms with Gasteiger partial charge in [-0.1, -0.05) is 84.9 Å². The Morgan fingerprint density at radius 2 is 1.16 bits per heavy atom. The normalized spacial score (nSPS) is 11.6. The molecule has 0 aliphatic heterocycles. The average Bonchev–Trinajstić information content (AvgIpc) is 3.67. The minimum absolute atomic E-state index is 0.680. The van der Waals surface area contributed by atoms with Gasteiger partial charge in [-0.2, -0.15) is 0 Å². The molecule has 0 saturated carbocycles. The molecule has 0 N–H and O–H groups in total. The van der Waals surface area contributed by atoms with Gasteiger partial charge in [0.15, 0.2) is 5.58 Å². The molecule has 0 atom stereocenters. The molecule has 9 rings (SSSR count). The third-order valence-corrected chi connectivity index (χ3v) is 9.35. The molecule has 6 heteroatoms. The molecule has 0 radical (unpaired) electrons. The van der Waals surface area contributed by atoms with Crippen LogP contribution in [0.4, 0.5) is 0 Å². The van der Waals surface area contributed by atoms with Gasteiger partial charge < -0.3 is 4.42 Å².